The number of hydrogen-bond donors (Lipinski definition) is 0. The van der Waals surface area contributed by atoms with Crippen molar-refractivity contribution >= 4 is 6.16 Å². The maximum atomic E-state index is 10.5. The van der Waals surface area contributed by atoms with Crippen LogP contribution >= 0.6 is 0 Å². The van der Waals surface area contributed by atoms with Crippen molar-refractivity contribution in [2.45, 2.75) is 26.7 Å². The predicted octanol–water partition coefficient (Wildman–Crippen LogP) is 1.69. The van der Waals surface area contributed by atoms with E-state index in [0.29, 0.717) is 13.2 Å². The molecule has 0 aliphatic rings. The van der Waals surface area contributed by atoms with Crippen molar-refractivity contribution in [3.05, 3.63) is 0 Å². The molecule has 0 radical (unpaired) electrons. The SMILES string of the molecule is CCCOOOC(=O)OOOCCC. The lowest BCUT2D eigenvalue weighted by atomic mass is 10.5. The molecule has 0 aromatic carbocycles. The van der Waals surface area contributed by atoms with Gasteiger partial charge in [0.25, 0.3) is 0 Å². The minimum Gasteiger partial charge on any atom is -0.226 e. The lowest BCUT2D eigenvalue weighted by Crippen LogP contribution is -2.10. The fraction of sp³-hybridized carbons (Fsp3) is 0.857. The van der Waals surface area contributed by atoms with Gasteiger partial charge in [-0.15, -0.1) is 0 Å². The van der Waals surface area contributed by atoms with Gasteiger partial charge in [-0.25, -0.2) is 9.78 Å². The molecule has 84 valence electrons. The molecule has 0 aromatic rings. The summed E-state index contributed by atoms with van der Waals surface area (Å²) in [5.41, 5.74) is 0. The van der Waals surface area contributed by atoms with E-state index in [1.807, 2.05) is 13.8 Å². The van der Waals surface area contributed by atoms with E-state index in [4.69, 9.17) is 0 Å². The van der Waals surface area contributed by atoms with Crippen molar-refractivity contribution in [1.82, 2.24) is 0 Å². The van der Waals surface area contributed by atoms with Crippen molar-refractivity contribution in [2.24, 2.45) is 0 Å². The highest BCUT2D eigenvalue weighted by Gasteiger charge is 2.07. The van der Waals surface area contributed by atoms with Crippen LogP contribution in [0.2, 0.25) is 0 Å². The van der Waals surface area contributed by atoms with Crippen molar-refractivity contribution in [3.63, 3.8) is 0 Å². The lowest BCUT2D eigenvalue weighted by molar-refractivity contribution is -0.527. The zero-order chi connectivity index (χ0) is 10.6. The van der Waals surface area contributed by atoms with Crippen LogP contribution in [0.25, 0.3) is 0 Å². The second-order valence-corrected chi connectivity index (χ2v) is 2.20. The van der Waals surface area contributed by atoms with Crippen molar-refractivity contribution in [3.8, 4) is 0 Å². The van der Waals surface area contributed by atoms with E-state index in [9.17, 15) is 4.79 Å². The molecule has 0 amide bonds. The van der Waals surface area contributed by atoms with Gasteiger partial charge in [0.15, 0.2) is 0 Å². The maximum absolute atomic E-state index is 10.5. The molecule has 0 saturated carbocycles. The van der Waals surface area contributed by atoms with E-state index in [2.05, 4.69) is 29.6 Å². The second kappa shape index (κ2) is 10.2. The van der Waals surface area contributed by atoms with Gasteiger partial charge in [-0.2, -0.15) is 14.6 Å². The normalized spacial score (nSPS) is 9.86. The first-order valence-corrected chi connectivity index (χ1v) is 4.27. The molecule has 0 saturated heterocycles. The van der Waals surface area contributed by atoms with Crippen LogP contribution < -0.4 is 0 Å². The van der Waals surface area contributed by atoms with Crippen LogP contribution in [-0.2, 0) is 29.6 Å². The molecular formula is C7H14O7. The summed E-state index contributed by atoms with van der Waals surface area (Å²) in [6, 6.07) is 0. The molecule has 0 spiro atoms. The first-order chi connectivity index (χ1) is 6.81. The number of carbonyl (C=O) groups excluding carboxylic acids is 1. The highest BCUT2D eigenvalue weighted by molar-refractivity contribution is 5.57. The Bertz CT molecular complexity index is 124. The summed E-state index contributed by atoms with van der Waals surface area (Å²) < 4.78 is 0. The molecule has 0 atom stereocenters. The molecular weight excluding hydrogens is 196 g/mol. The zero-order valence-corrected chi connectivity index (χ0v) is 8.19. The second-order valence-electron chi connectivity index (χ2n) is 2.20. The Morgan fingerprint density at radius 2 is 1.36 bits per heavy atom. The molecule has 0 bridgehead atoms. The van der Waals surface area contributed by atoms with Gasteiger partial charge in [-0.3, -0.25) is 0 Å². The van der Waals surface area contributed by atoms with E-state index in [0.717, 1.165) is 12.8 Å². The zero-order valence-electron chi connectivity index (χ0n) is 8.19. The molecule has 0 fully saturated rings. The fourth-order valence-corrected chi connectivity index (χ4v) is 0.352. The van der Waals surface area contributed by atoms with E-state index in [-0.39, 0.29) is 0 Å². The van der Waals surface area contributed by atoms with Crippen LogP contribution in [0, 0.1) is 0 Å². The van der Waals surface area contributed by atoms with Gasteiger partial charge in [0, 0.05) is 0 Å². The van der Waals surface area contributed by atoms with E-state index < -0.39 is 6.16 Å². The molecule has 0 unspecified atom stereocenters. The third kappa shape index (κ3) is 9.20. The highest BCUT2D eigenvalue weighted by Crippen LogP contribution is 1.92. The highest BCUT2D eigenvalue weighted by atomic mass is 17.6. The molecule has 0 heterocycles. The van der Waals surface area contributed by atoms with Gasteiger partial charge in [-0.1, -0.05) is 13.8 Å². The third-order valence-corrected chi connectivity index (χ3v) is 0.875. The Labute approximate surface area is 81.5 Å². The topological polar surface area (TPSA) is 72.5 Å². The van der Waals surface area contributed by atoms with Gasteiger partial charge in [-0.05, 0) is 22.9 Å². The van der Waals surface area contributed by atoms with Gasteiger partial charge < -0.3 is 0 Å². The van der Waals surface area contributed by atoms with E-state index in [1.54, 1.807) is 0 Å². The average Bonchev–Trinajstić information content (AvgIpc) is 2.19. The van der Waals surface area contributed by atoms with Crippen molar-refractivity contribution in [2.75, 3.05) is 13.2 Å². The standard InChI is InChI=1S/C7H14O7/c1-3-5-9-13-11-7(8)12-14-10-6-4-2/h3-6H2,1-2H3. The quantitative estimate of drug-likeness (QED) is 0.343. The Hall–Kier alpha value is -0.890. The molecule has 0 rings (SSSR count). The van der Waals surface area contributed by atoms with Gasteiger partial charge in [0.05, 0.1) is 13.2 Å². The summed E-state index contributed by atoms with van der Waals surface area (Å²) in [6.45, 7) is 4.34. The number of hydrogen-bond acceptors (Lipinski definition) is 7. The third-order valence-electron chi connectivity index (χ3n) is 0.875. The lowest BCUT2D eigenvalue weighted by Gasteiger charge is -2.01. The Morgan fingerprint density at radius 3 is 1.71 bits per heavy atom. The van der Waals surface area contributed by atoms with Gasteiger partial charge in [0.1, 0.15) is 0 Å². The molecule has 0 aliphatic carbocycles. The summed E-state index contributed by atoms with van der Waals surface area (Å²) in [7, 11) is 0. The van der Waals surface area contributed by atoms with Gasteiger partial charge in [0.2, 0.25) is 0 Å². The average molecular weight is 210 g/mol. The summed E-state index contributed by atoms with van der Waals surface area (Å²) in [4.78, 5) is 27.1. The summed E-state index contributed by atoms with van der Waals surface area (Å²) >= 11 is 0. The summed E-state index contributed by atoms with van der Waals surface area (Å²) in [5.74, 6) is 0. The number of rotatable bonds is 8. The Kier molecular flexibility index (Phi) is 9.54. The van der Waals surface area contributed by atoms with Gasteiger partial charge >= 0.3 is 6.16 Å². The van der Waals surface area contributed by atoms with Crippen LogP contribution in [0.4, 0.5) is 4.79 Å². The Morgan fingerprint density at radius 1 is 0.929 bits per heavy atom. The fourth-order valence-electron chi connectivity index (χ4n) is 0.352. The summed E-state index contributed by atoms with van der Waals surface area (Å²) in [5, 5.41) is 7.97. The predicted molar refractivity (Wildman–Crippen MR) is 42.2 cm³/mol. The minimum atomic E-state index is -1.21. The first kappa shape index (κ1) is 13.1. The number of carbonyl (C=O) groups is 1. The molecule has 0 aliphatic heterocycles. The van der Waals surface area contributed by atoms with E-state index >= 15 is 0 Å². The molecule has 7 heteroatoms. The Balaban J connectivity index is 3.11. The smallest absolute Gasteiger partial charge is 0.226 e. The molecule has 7 nitrogen and oxygen atoms in total. The van der Waals surface area contributed by atoms with Crippen LogP contribution in [0.5, 0.6) is 0 Å². The van der Waals surface area contributed by atoms with Crippen molar-refractivity contribution < 1.29 is 34.4 Å². The van der Waals surface area contributed by atoms with E-state index in [1.165, 1.54) is 0 Å². The minimum absolute atomic E-state index is 0.306. The first-order valence-electron chi connectivity index (χ1n) is 4.27. The van der Waals surface area contributed by atoms with Crippen LogP contribution in [0.3, 0.4) is 0 Å². The van der Waals surface area contributed by atoms with Crippen molar-refractivity contribution in [1.29, 1.82) is 0 Å². The van der Waals surface area contributed by atoms with Crippen LogP contribution in [0.1, 0.15) is 26.7 Å². The maximum Gasteiger partial charge on any atom is 0.577 e. The summed E-state index contributed by atoms with van der Waals surface area (Å²) in [6.07, 6.45) is 0.250. The van der Waals surface area contributed by atoms with Crippen LogP contribution in [0.15, 0.2) is 0 Å². The molecule has 14 heavy (non-hydrogen) atoms. The molecule has 0 aromatic heterocycles. The monoisotopic (exact) mass is 210 g/mol. The van der Waals surface area contributed by atoms with Crippen LogP contribution in [-0.4, -0.2) is 19.4 Å². The molecule has 0 N–H and O–H groups in total. The largest absolute Gasteiger partial charge is 0.577 e.